The average Bonchev–Trinajstić information content (AvgIpc) is 3.44. The number of Topliss-reactive ketones (excluding diaryl/α,β-unsaturated/α-hetero) is 2. The van der Waals surface area contributed by atoms with Crippen molar-refractivity contribution in [2.45, 2.75) is 108 Å². The normalized spacial score (nSPS) is 16.8. The van der Waals surface area contributed by atoms with E-state index in [1.54, 1.807) is 6.07 Å². The summed E-state index contributed by atoms with van der Waals surface area (Å²) in [6.07, 6.45) is -3.94. The molecular formula is C57H61F6LiN6O11. The molecule has 24 heteroatoms. The van der Waals surface area contributed by atoms with Gasteiger partial charge in [-0.2, -0.15) is 26.3 Å². The third-order valence-electron chi connectivity index (χ3n) is 13.1. The first-order valence-corrected chi connectivity index (χ1v) is 25.3. The van der Waals surface area contributed by atoms with E-state index >= 15 is 0 Å². The number of hydrogen-bond donors (Lipinski definition) is 4. The Labute approximate surface area is 474 Å². The summed E-state index contributed by atoms with van der Waals surface area (Å²) >= 11 is 0. The number of carbonyl (C=O) groups is 4. The van der Waals surface area contributed by atoms with Crippen LogP contribution in [-0.2, 0) is 53.8 Å². The van der Waals surface area contributed by atoms with E-state index in [0.717, 1.165) is 77.1 Å². The van der Waals surface area contributed by atoms with Crippen LogP contribution in [0.15, 0.2) is 121 Å². The number of carboxylic acids is 1. The van der Waals surface area contributed by atoms with Gasteiger partial charge in [-0.25, -0.2) is 0 Å². The van der Waals surface area contributed by atoms with Crippen LogP contribution in [0.2, 0.25) is 0 Å². The van der Waals surface area contributed by atoms with E-state index in [1.165, 1.54) is 12.1 Å². The molecule has 428 valence electrons. The van der Waals surface area contributed by atoms with Gasteiger partial charge in [0.05, 0.1) is 35.3 Å². The number of fused-ring (bicyclic) bond motifs is 2. The largest absolute Gasteiger partial charge is 1.00 e. The number of rotatable bonds is 19. The molecule has 0 heterocycles. The number of hydrogen-bond acceptors (Lipinski definition) is 14. The fourth-order valence-electron chi connectivity index (χ4n) is 9.19. The van der Waals surface area contributed by atoms with E-state index in [-0.39, 0.29) is 87.9 Å². The van der Waals surface area contributed by atoms with Crippen LogP contribution in [0.3, 0.4) is 0 Å². The summed E-state index contributed by atoms with van der Waals surface area (Å²) in [5.74, 6) is -3.72. The van der Waals surface area contributed by atoms with Gasteiger partial charge in [0, 0.05) is 61.5 Å². The number of nitro groups is 2. The van der Waals surface area contributed by atoms with Gasteiger partial charge >= 0.3 is 31.2 Å². The number of aliphatic carboxylic acids is 1. The first-order valence-electron chi connectivity index (χ1n) is 25.3. The Balaban J connectivity index is 0.000000286. The molecule has 2 fully saturated rings. The molecule has 8 rings (SSSR count). The number of nitrogens with one attached hydrogen (secondary N) is 3. The van der Waals surface area contributed by atoms with Gasteiger partial charge < -0.3 is 41.1 Å². The second-order valence-electron chi connectivity index (χ2n) is 18.8. The van der Waals surface area contributed by atoms with Crippen LogP contribution in [0.4, 0.5) is 49.1 Å². The van der Waals surface area contributed by atoms with Gasteiger partial charge in [-0.3, -0.25) is 34.6 Å². The Kier molecular flexibility index (Phi) is 25.3. The van der Waals surface area contributed by atoms with Crippen LogP contribution in [0.25, 0.3) is 21.5 Å². The SMILES string of the molecule is C.NCCOC1CCC(Nc2ccc([N+](=O)[O-])c(C(F)(F)F)c2)CC1.O=C(Cc1ccc2ccccc2c1)C(=O)NCCOC1CCC(Nc2ccc([N+](=O)[O-])c(C(F)(F)F)c2)CC1.O=C([O-])C(=O)Cc1ccc2ccccc2c1.[Li+]. The van der Waals surface area contributed by atoms with Gasteiger partial charge in [0.1, 0.15) is 17.1 Å². The third kappa shape index (κ3) is 20.3. The van der Waals surface area contributed by atoms with Crippen LogP contribution < -0.4 is 45.7 Å². The maximum Gasteiger partial charge on any atom is 1.00 e. The predicted octanol–water partition coefficient (Wildman–Crippen LogP) is 7.09. The molecule has 2 aliphatic carbocycles. The van der Waals surface area contributed by atoms with Crippen molar-refractivity contribution in [3.63, 3.8) is 0 Å². The number of nitro benzene ring substituents is 2. The Morgan fingerprint density at radius 2 is 0.951 bits per heavy atom. The zero-order valence-electron chi connectivity index (χ0n) is 43.5. The number of halogens is 6. The molecular weight excluding hydrogens is 1070 g/mol. The molecule has 0 atom stereocenters. The molecule has 81 heavy (non-hydrogen) atoms. The first-order chi connectivity index (χ1) is 37.6. The van der Waals surface area contributed by atoms with Crippen molar-refractivity contribution in [1.29, 1.82) is 0 Å². The number of benzene rings is 6. The van der Waals surface area contributed by atoms with Crippen molar-refractivity contribution in [1.82, 2.24) is 5.32 Å². The van der Waals surface area contributed by atoms with E-state index < -0.39 is 68.1 Å². The molecule has 17 nitrogen and oxygen atoms in total. The summed E-state index contributed by atoms with van der Waals surface area (Å²) in [5, 5.41) is 44.8. The smallest absolute Gasteiger partial charge is 0.542 e. The van der Waals surface area contributed by atoms with E-state index in [4.69, 9.17) is 15.2 Å². The molecule has 2 aliphatic rings. The Hall–Kier alpha value is -7.42. The first kappa shape index (κ1) is 66.1. The number of nitrogens with zero attached hydrogens (tertiary/aromatic N) is 2. The van der Waals surface area contributed by atoms with Crippen LogP contribution in [-0.4, -0.2) is 83.9 Å². The monoisotopic (exact) mass is 1130 g/mol. The van der Waals surface area contributed by atoms with E-state index in [0.29, 0.717) is 44.4 Å². The number of ketones is 2. The summed E-state index contributed by atoms with van der Waals surface area (Å²) in [5.41, 5.74) is 2.80. The van der Waals surface area contributed by atoms with E-state index in [2.05, 4.69) is 16.0 Å². The molecule has 1 amide bonds. The molecule has 0 saturated heterocycles. The Bertz CT molecular complexity index is 3110. The Morgan fingerprint density at radius 1 is 0.556 bits per heavy atom. The van der Waals surface area contributed by atoms with Crippen molar-refractivity contribution in [2.24, 2.45) is 5.73 Å². The summed E-state index contributed by atoms with van der Waals surface area (Å²) < 4.78 is 89.9. The van der Waals surface area contributed by atoms with Crippen LogP contribution in [0, 0.1) is 20.2 Å². The summed E-state index contributed by atoms with van der Waals surface area (Å²) in [4.78, 5) is 65.4. The standard InChI is InChI=1S/C28H28F3N3O5.C15H20F3N3O3.C13H10O3.CH4.Li/c29-28(30,31)24-17-22(9-12-25(24)34(37)38)33-21-7-10-23(11-8-21)39-14-13-32-27(36)26(35)16-18-5-6-19-3-1-2-4-20(19)15-18;16-15(17,18)13-9-11(3-6-14(13)21(22)23)20-10-1-4-12(5-2-10)24-8-7-19;14-12(13(15)16)8-9-5-6-10-3-1-2-4-11(10)7-9;;/h1-6,9,12,15,17,21,23,33H,7-8,10-11,13-14,16H2,(H,32,36);3,6,9-10,12,20H,1-2,4-5,7-8,19H2;1-7H,8H2,(H,15,16);1H4;/q;;;;+1/p-1. The minimum Gasteiger partial charge on any atom is -0.542 e. The molecule has 6 aromatic carbocycles. The van der Waals surface area contributed by atoms with Crippen molar-refractivity contribution in [3.8, 4) is 0 Å². The topological polar surface area (TPSA) is 258 Å². The third-order valence-corrected chi connectivity index (χ3v) is 13.1. The van der Waals surface area contributed by atoms with Gasteiger partial charge in [-0.1, -0.05) is 92.4 Å². The maximum absolute atomic E-state index is 13.2. The molecule has 0 aliphatic heterocycles. The fourth-order valence-corrected chi connectivity index (χ4v) is 9.19. The zero-order valence-corrected chi connectivity index (χ0v) is 43.5. The van der Waals surface area contributed by atoms with Crippen molar-refractivity contribution in [3.05, 3.63) is 164 Å². The minimum atomic E-state index is -4.83. The van der Waals surface area contributed by atoms with E-state index in [1.807, 2.05) is 78.9 Å². The molecule has 0 unspecified atom stereocenters. The molecule has 0 aromatic heterocycles. The number of nitrogens with two attached hydrogens (primary N) is 1. The number of alkyl halides is 6. The average molecular weight is 1130 g/mol. The van der Waals surface area contributed by atoms with Crippen LogP contribution in [0.5, 0.6) is 0 Å². The summed E-state index contributed by atoms with van der Waals surface area (Å²) in [6.45, 7) is 1.37. The molecule has 0 spiro atoms. The molecule has 6 aromatic rings. The van der Waals surface area contributed by atoms with Gasteiger partial charge in [-0.15, -0.1) is 0 Å². The van der Waals surface area contributed by atoms with Crippen molar-refractivity contribution in [2.75, 3.05) is 36.9 Å². The zero-order chi connectivity index (χ0) is 57.3. The number of anilines is 2. The number of carbonyl (C=O) groups excluding carboxylic acids is 4. The van der Waals surface area contributed by atoms with Crippen molar-refractivity contribution < 1.29 is 88.8 Å². The van der Waals surface area contributed by atoms with Gasteiger partial charge in [-0.05, 0) is 108 Å². The maximum atomic E-state index is 13.2. The predicted molar refractivity (Wildman–Crippen MR) is 287 cm³/mol. The van der Waals surface area contributed by atoms with Crippen molar-refractivity contribution >= 4 is 67.7 Å². The fraction of sp³-hybridized carbons (Fsp3) is 0.368. The van der Waals surface area contributed by atoms with Gasteiger partial charge in [0.2, 0.25) is 5.78 Å². The van der Waals surface area contributed by atoms with E-state index in [9.17, 15) is 70.9 Å². The second kappa shape index (κ2) is 31.0. The summed E-state index contributed by atoms with van der Waals surface area (Å²) in [7, 11) is 0. The van der Waals surface area contributed by atoms with Crippen LogP contribution in [0.1, 0.15) is 81.0 Å². The molecule has 0 bridgehead atoms. The molecule has 5 N–H and O–H groups in total. The number of carboxylic acid groups (broad SMARTS) is 1. The second-order valence-corrected chi connectivity index (χ2v) is 18.8. The number of ether oxygens (including phenoxy) is 2. The van der Waals surface area contributed by atoms with Gasteiger partial charge in [0.15, 0.2) is 5.78 Å². The van der Waals surface area contributed by atoms with Gasteiger partial charge in [0.25, 0.3) is 17.3 Å². The number of amides is 1. The minimum absolute atomic E-state index is 0. The molecule has 2 saturated carbocycles. The Morgan fingerprint density at radius 3 is 1.33 bits per heavy atom. The van der Waals surface area contributed by atoms with Crippen LogP contribution >= 0.6 is 0 Å². The molecule has 0 radical (unpaired) electrons. The summed E-state index contributed by atoms with van der Waals surface area (Å²) in [6, 6.07) is 32.4. The quantitative estimate of drug-likeness (QED) is 0.0158.